The van der Waals surface area contributed by atoms with Crippen LogP contribution in [-0.4, -0.2) is 42.1 Å². The molecule has 1 aliphatic rings. The molecule has 1 saturated heterocycles. The van der Waals surface area contributed by atoms with Crippen LogP contribution in [0, 0.1) is 0 Å². The predicted molar refractivity (Wildman–Crippen MR) is 131 cm³/mol. The number of aliphatic carboxylic acids is 1. The summed E-state index contributed by atoms with van der Waals surface area (Å²) in [6.07, 6.45) is -0.588. The summed E-state index contributed by atoms with van der Waals surface area (Å²) in [5.74, 6) is -2.04. The highest BCUT2D eigenvalue weighted by Crippen LogP contribution is 2.37. The molecule has 2 aromatic carbocycles. The summed E-state index contributed by atoms with van der Waals surface area (Å²) in [4.78, 5) is 29.4. The average Bonchev–Trinajstić information content (AvgIpc) is 3.12. The van der Waals surface area contributed by atoms with Gasteiger partial charge in [0.2, 0.25) is 0 Å². The van der Waals surface area contributed by atoms with E-state index in [4.69, 9.17) is 16.6 Å². The fourth-order valence-corrected chi connectivity index (χ4v) is 4.14. The van der Waals surface area contributed by atoms with Gasteiger partial charge in [0.1, 0.15) is 6.04 Å². The Morgan fingerprint density at radius 2 is 1.69 bits per heavy atom. The fraction of sp³-hybridized carbons (Fsp3) is 0.400. The van der Waals surface area contributed by atoms with Crippen molar-refractivity contribution in [1.82, 2.24) is 5.32 Å². The minimum atomic E-state index is -4.56. The van der Waals surface area contributed by atoms with E-state index in [9.17, 15) is 22.8 Å². The Hall–Kier alpha value is -3.60. The number of aliphatic imine (C=N–C) groups is 1. The van der Waals surface area contributed by atoms with E-state index in [-0.39, 0.29) is 30.1 Å². The molecule has 0 radical (unpaired) electrons. The number of carboxylic acid groups (broad SMARTS) is 1. The van der Waals surface area contributed by atoms with Crippen LogP contribution in [-0.2, 0) is 23.9 Å². The second-order valence-electron chi connectivity index (χ2n) is 8.70. The first kappa shape index (κ1) is 27.0. The highest BCUT2D eigenvalue weighted by molar-refractivity contribution is 6.05. The largest absolute Gasteiger partial charge is 0.480 e. The van der Waals surface area contributed by atoms with Crippen molar-refractivity contribution in [2.24, 2.45) is 16.5 Å². The van der Waals surface area contributed by atoms with Gasteiger partial charge in [0.05, 0.1) is 12.1 Å². The molecule has 2 aromatic rings. The lowest BCUT2D eigenvalue weighted by Crippen LogP contribution is -2.37. The lowest BCUT2D eigenvalue weighted by Gasteiger charge is -2.27. The van der Waals surface area contributed by atoms with Gasteiger partial charge in [-0.2, -0.15) is 13.2 Å². The van der Waals surface area contributed by atoms with Gasteiger partial charge in [-0.3, -0.25) is 14.9 Å². The SMILES string of the molecule is NC(=NCc1c(N2CCCCCC2)cccc1C(F)(F)F)NC(=O)c1ccc(C[C@H](N)C(=O)O)cc1. The molecule has 0 unspecified atom stereocenters. The number of carbonyl (C=O) groups excluding carboxylic acids is 1. The molecule has 1 atom stereocenters. The molecule has 0 saturated carbocycles. The lowest BCUT2D eigenvalue weighted by atomic mass is 10.0. The summed E-state index contributed by atoms with van der Waals surface area (Å²) in [6.45, 7) is 0.981. The van der Waals surface area contributed by atoms with E-state index < -0.39 is 29.7 Å². The molecule has 3 rings (SSSR count). The summed E-state index contributed by atoms with van der Waals surface area (Å²) in [6, 6.07) is 9.11. The first-order chi connectivity index (χ1) is 17.1. The number of guanidine groups is 1. The predicted octanol–water partition coefficient (Wildman–Crippen LogP) is 3.28. The van der Waals surface area contributed by atoms with Crippen molar-refractivity contribution in [2.45, 2.75) is 50.9 Å². The van der Waals surface area contributed by atoms with Crippen molar-refractivity contribution >= 4 is 23.5 Å². The topological polar surface area (TPSA) is 134 Å². The molecule has 8 nitrogen and oxygen atoms in total. The van der Waals surface area contributed by atoms with Gasteiger partial charge in [-0.25, -0.2) is 4.99 Å². The molecule has 1 fully saturated rings. The van der Waals surface area contributed by atoms with Crippen LogP contribution in [0.4, 0.5) is 18.9 Å². The molecule has 0 bridgehead atoms. The summed E-state index contributed by atoms with van der Waals surface area (Å²) in [5, 5.41) is 11.3. The standard InChI is InChI=1S/C25H30F3N5O3/c26-25(27,28)19-6-5-7-21(33-12-3-1-2-4-13-33)18(19)15-31-24(30)32-22(34)17-10-8-16(9-11-17)14-20(29)23(35)36/h5-11,20H,1-4,12-15,29H2,(H,35,36)(H3,30,31,32,34)/t20-/m0/s1. The zero-order valence-corrected chi connectivity index (χ0v) is 19.7. The number of carboxylic acids is 1. The molecule has 11 heteroatoms. The molecule has 0 spiro atoms. The summed E-state index contributed by atoms with van der Waals surface area (Å²) < 4.78 is 41.3. The van der Waals surface area contributed by atoms with Crippen LogP contribution in [0.2, 0.25) is 0 Å². The summed E-state index contributed by atoms with van der Waals surface area (Å²) >= 11 is 0. The zero-order chi connectivity index (χ0) is 26.3. The number of carbonyl (C=O) groups is 2. The van der Waals surface area contributed by atoms with Gasteiger partial charge in [-0.15, -0.1) is 0 Å². The third kappa shape index (κ3) is 7.20. The van der Waals surface area contributed by atoms with Crippen LogP contribution in [0.15, 0.2) is 47.5 Å². The Balaban J connectivity index is 1.75. The molecular formula is C25H30F3N5O3. The van der Waals surface area contributed by atoms with E-state index >= 15 is 0 Å². The van der Waals surface area contributed by atoms with Gasteiger partial charge in [0.25, 0.3) is 5.91 Å². The van der Waals surface area contributed by atoms with Crippen molar-refractivity contribution in [1.29, 1.82) is 0 Å². The van der Waals surface area contributed by atoms with Crippen molar-refractivity contribution in [3.05, 3.63) is 64.7 Å². The van der Waals surface area contributed by atoms with Gasteiger partial charge in [-0.05, 0) is 49.1 Å². The molecule has 1 heterocycles. The molecule has 0 aliphatic carbocycles. The number of amides is 1. The van der Waals surface area contributed by atoms with E-state index in [0.29, 0.717) is 24.3 Å². The second kappa shape index (κ2) is 11.9. The van der Waals surface area contributed by atoms with E-state index in [0.717, 1.165) is 31.7 Å². The Morgan fingerprint density at radius 1 is 1.06 bits per heavy atom. The maximum Gasteiger partial charge on any atom is 0.416 e. The smallest absolute Gasteiger partial charge is 0.416 e. The average molecular weight is 506 g/mol. The number of hydrogen-bond donors (Lipinski definition) is 4. The molecule has 194 valence electrons. The number of nitrogens with zero attached hydrogens (tertiary/aromatic N) is 2. The number of nitrogens with one attached hydrogen (secondary N) is 1. The monoisotopic (exact) mass is 505 g/mol. The highest BCUT2D eigenvalue weighted by Gasteiger charge is 2.35. The fourth-order valence-electron chi connectivity index (χ4n) is 4.14. The third-order valence-electron chi connectivity index (χ3n) is 6.04. The maximum absolute atomic E-state index is 13.8. The number of nitrogens with two attached hydrogens (primary N) is 2. The number of benzene rings is 2. The van der Waals surface area contributed by atoms with Crippen molar-refractivity contribution in [3.63, 3.8) is 0 Å². The van der Waals surface area contributed by atoms with Gasteiger partial charge in [0, 0.05) is 29.9 Å². The van der Waals surface area contributed by atoms with Gasteiger partial charge in [-0.1, -0.05) is 31.0 Å². The van der Waals surface area contributed by atoms with Crippen LogP contribution in [0.5, 0.6) is 0 Å². The van der Waals surface area contributed by atoms with Crippen LogP contribution in [0.25, 0.3) is 0 Å². The van der Waals surface area contributed by atoms with Crippen molar-refractivity contribution in [3.8, 4) is 0 Å². The maximum atomic E-state index is 13.8. The van der Waals surface area contributed by atoms with Crippen LogP contribution in [0.1, 0.15) is 52.7 Å². The Morgan fingerprint density at radius 3 is 2.28 bits per heavy atom. The van der Waals surface area contributed by atoms with E-state index in [1.165, 1.54) is 18.2 Å². The minimum absolute atomic E-state index is 0.0169. The zero-order valence-electron chi connectivity index (χ0n) is 19.7. The minimum Gasteiger partial charge on any atom is -0.480 e. The number of hydrogen-bond acceptors (Lipinski definition) is 5. The van der Waals surface area contributed by atoms with E-state index in [2.05, 4.69) is 10.3 Å². The van der Waals surface area contributed by atoms with E-state index in [1.54, 1.807) is 18.2 Å². The number of halogens is 3. The van der Waals surface area contributed by atoms with Crippen LogP contribution >= 0.6 is 0 Å². The van der Waals surface area contributed by atoms with Crippen molar-refractivity contribution < 1.29 is 27.9 Å². The normalized spacial score (nSPS) is 15.8. The van der Waals surface area contributed by atoms with Crippen LogP contribution < -0.4 is 21.7 Å². The van der Waals surface area contributed by atoms with Gasteiger partial charge >= 0.3 is 12.1 Å². The molecule has 1 amide bonds. The first-order valence-corrected chi connectivity index (χ1v) is 11.7. The first-order valence-electron chi connectivity index (χ1n) is 11.7. The van der Waals surface area contributed by atoms with Gasteiger partial charge < -0.3 is 21.5 Å². The second-order valence-corrected chi connectivity index (χ2v) is 8.70. The van der Waals surface area contributed by atoms with E-state index in [1.807, 2.05) is 4.90 Å². The third-order valence-corrected chi connectivity index (χ3v) is 6.04. The Bertz CT molecular complexity index is 1100. The molecule has 1 aliphatic heterocycles. The number of rotatable bonds is 7. The molecular weight excluding hydrogens is 475 g/mol. The molecule has 6 N–H and O–H groups in total. The van der Waals surface area contributed by atoms with Crippen LogP contribution in [0.3, 0.4) is 0 Å². The lowest BCUT2D eigenvalue weighted by molar-refractivity contribution is -0.139. The number of anilines is 1. The Kier molecular flexibility index (Phi) is 8.92. The summed E-state index contributed by atoms with van der Waals surface area (Å²) in [7, 11) is 0. The quantitative estimate of drug-likeness (QED) is 0.337. The highest BCUT2D eigenvalue weighted by atomic mass is 19.4. The van der Waals surface area contributed by atoms with Gasteiger partial charge in [0.15, 0.2) is 5.96 Å². The Labute approximate surface area is 207 Å². The van der Waals surface area contributed by atoms with Crippen molar-refractivity contribution in [2.75, 3.05) is 18.0 Å². The summed E-state index contributed by atoms with van der Waals surface area (Å²) in [5.41, 5.74) is 11.9. The number of alkyl halides is 3. The molecule has 36 heavy (non-hydrogen) atoms. The molecule has 0 aromatic heterocycles.